The van der Waals surface area contributed by atoms with Crippen LogP contribution in [-0.2, 0) is 14.6 Å². The van der Waals surface area contributed by atoms with Gasteiger partial charge in [0.25, 0.3) is 0 Å². The van der Waals surface area contributed by atoms with Gasteiger partial charge in [-0.05, 0) is 60.7 Å². The molecule has 1 aromatic carbocycles. The topological polar surface area (TPSA) is 131 Å². The number of nitrogens with one attached hydrogen (secondary N) is 2. The van der Waals surface area contributed by atoms with Crippen molar-refractivity contribution >= 4 is 39.2 Å². The maximum Gasteiger partial charge on any atom is 0.319 e. The van der Waals surface area contributed by atoms with Crippen molar-refractivity contribution in [2.45, 2.75) is 5.03 Å². The molecule has 10 nitrogen and oxygen atoms in total. The number of anilines is 2. The highest BCUT2D eigenvalue weighted by molar-refractivity contribution is 7.91. The molecule has 0 atom stereocenters. The van der Waals surface area contributed by atoms with E-state index >= 15 is 0 Å². The van der Waals surface area contributed by atoms with Crippen molar-refractivity contribution in [2.24, 2.45) is 0 Å². The molecule has 11 heteroatoms. The van der Waals surface area contributed by atoms with Gasteiger partial charge in [0.2, 0.25) is 0 Å². The molecular weight excluding hydrogens is 494 g/mol. The van der Waals surface area contributed by atoms with Gasteiger partial charge in [0, 0.05) is 37.1 Å². The van der Waals surface area contributed by atoms with Crippen molar-refractivity contribution in [1.82, 2.24) is 15.3 Å². The first-order chi connectivity index (χ1) is 17.9. The summed E-state index contributed by atoms with van der Waals surface area (Å²) < 4.78 is 29.8. The van der Waals surface area contributed by atoms with Gasteiger partial charge in [-0.3, -0.25) is 4.79 Å². The highest BCUT2D eigenvalue weighted by atomic mass is 32.2. The molecule has 4 rings (SSSR count). The van der Waals surface area contributed by atoms with Crippen molar-refractivity contribution in [3.05, 3.63) is 84.2 Å². The Morgan fingerprint density at radius 2 is 1.78 bits per heavy atom. The number of amides is 2. The van der Waals surface area contributed by atoms with Crippen LogP contribution in [0.25, 0.3) is 6.08 Å². The Labute approximate surface area is 215 Å². The Morgan fingerprint density at radius 3 is 2.51 bits per heavy atom. The number of hydrogen-bond acceptors (Lipinski definition) is 8. The molecule has 1 aliphatic rings. The van der Waals surface area contributed by atoms with Crippen LogP contribution in [0, 0.1) is 0 Å². The van der Waals surface area contributed by atoms with Crippen LogP contribution in [0.5, 0.6) is 0 Å². The van der Waals surface area contributed by atoms with Gasteiger partial charge in [0.05, 0.1) is 24.7 Å². The summed E-state index contributed by atoms with van der Waals surface area (Å²) >= 11 is 0. The van der Waals surface area contributed by atoms with Crippen LogP contribution >= 0.6 is 0 Å². The van der Waals surface area contributed by atoms with Gasteiger partial charge in [0.1, 0.15) is 5.82 Å². The van der Waals surface area contributed by atoms with Crippen LogP contribution in [0.2, 0.25) is 0 Å². The summed E-state index contributed by atoms with van der Waals surface area (Å²) in [5.74, 6) is 0.372. The maximum absolute atomic E-state index is 12.6. The van der Waals surface area contributed by atoms with Gasteiger partial charge in [-0.15, -0.1) is 0 Å². The van der Waals surface area contributed by atoms with Crippen molar-refractivity contribution in [2.75, 3.05) is 48.8 Å². The number of ether oxygens (including phenoxy) is 1. The summed E-state index contributed by atoms with van der Waals surface area (Å²) in [6.45, 7) is 2.82. The third-order valence-electron chi connectivity index (χ3n) is 5.54. The third kappa shape index (κ3) is 7.45. The molecule has 192 valence electrons. The van der Waals surface area contributed by atoms with Crippen LogP contribution in [0.3, 0.4) is 0 Å². The number of ketones is 1. The number of carbonyl (C=O) groups excluding carboxylic acids is 2. The SMILES string of the molecule is O=C(NCCS(=O)(=O)c1ccccn1)Nc1ccc(C(=O)C=Cc2cccc(N3CCOCC3)n2)cc1. The standard InChI is InChI=1S/C26H27N5O5S/c32-23(12-11-21-4-3-5-24(29-21)31-15-17-36-18-16-31)20-7-9-22(10-8-20)30-26(33)28-14-19-37(34,35)25-6-1-2-13-27-25/h1-13H,14-19H2,(H2,28,30,33). The minimum absolute atomic E-state index is 0.0351. The first-order valence-corrected chi connectivity index (χ1v) is 13.4. The predicted molar refractivity (Wildman–Crippen MR) is 140 cm³/mol. The lowest BCUT2D eigenvalue weighted by Crippen LogP contribution is -2.36. The van der Waals surface area contributed by atoms with Crippen LogP contribution in [0.1, 0.15) is 16.1 Å². The zero-order valence-corrected chi connectivity index (χ0v) is 20.9. The fraction of sp³-hybridized carbons (Fsp3) is 0.231. The molecule has 0 saturated carbocycles. The van der Waals surface area contributed by atoms with E-state index in [2.05, 4.69) is 25.5 Å². The zero-order chi connectivity index (χ0) is 26.1. The van der Waals surface area contributed by atoms with Crippen LogP contribution in [0.4, 0.5) is 16.3 Å². The quantitative estimate of drug-likeness (QED) is 0.325. The number of morpholine rings is 1. The van der Waals surface area contributed by atoms with E-state index in [4.69, 9.17) is 4.74 Å². The number of nitrogens with zero attached hydrogens (tertiary/aromatic N) is 3. The zero-order valence-electron chi connectivity index (χ0n) is 20.0. The molecule has 3 heterocycles. The van der Waals surface area contributed by atoms with E-state index in [0.29, 0.717) is 30.2 Å². The fourth-order valence-corrected chi connectivity index (χ4v) is 4.67. The molecule has 0 unspecified atom stereocenters. The lowest BCUT2D eigenvalue weighted by molar-refractivity contribution is 0.104. The fourth-order valence-electron chi connectivity index (χ4n) is 3.59. The van der Waals surface area contributed by atoms with Crippen molar-refractivity contribution in [3.8, 4) is 0 Å². The second-order valence-electron chi connectivity index (χ2n) is 8.16. The third-order valence-corrected chi connectivity index (χ3v) is 7.16. The van der Waals surface area contributed by atoms with E-state index in [9.17, 15) is 18.0 Å². The Kier molecular flexibility index (Phi) is 8.60. The molecule has 1 aliphatic heterocycles. The molecule has 0 bridgehead atoms. The number of aromatic nitrogens is 2. The van der Waals surface area contributed by atoms with Gasteiger partial charge in [-0.1, -0.05) is 12.1 Å². The van der Waals surface area contributed by atoms with E-state index in [1.807, 2.05) is 18.2 Å². The Bertz CT molecular complexity index is 1360. The summed E-state index contributed by atoms with van der Waals surface area (Å²) in [6, 6.07) is 16.2. The average molecular weight is 522 g/mol. The molecule has 1 saturated heterocycles. The minimum atomic E-state index is -3.59. The van der Waals surface area contributed by atoms with Gasteiger partial charge in [-0.2, -0.15) is 0 Å². The van der Waals surface area contributed by atoms with Gasteiger partial charge in [0.15, 0.2) is 20.6 Å². The summed E-state index contributed by atoms with van der Waals surface area (Å²) in [6.07, 6.45) is 4.53. The van der Waals surface area contributed by atoms with Gasteiger partial charge < -0.3 is 20.3 Å². The molecule has 2 aromatic heterocycles. The maximum atomic E-state index is 12.6. The number of benzene rings is 1. The summed E-state index contributed by atoms with van der Waals surface area (Å²) in [7, 11) is -3.59. The Balaban J connectivity index is 1.27. The van der Waals surface area contributed by atoms with Crippen molar-refractivity contribution < 1.29 is 22.7 Å². The monoisotopic (exact) mass is 521 g/mol. The summed E-state index contributed by atoms with van der Waals surface area (Å²) in [5.41, 5.74) is 1.59. The number of urea groups is 1. The van der Waals surface area contributed by atoms with Crippen LogP contribution in [0.15, 0.2) is 78.0 Å². The second-order valence-corrected chi connectivity index (χ2v) is 10.2. The average Bonchev–Trinajstić information content (AvgIpc) is 2.93. The molecule has 3 aromatic rings. The number of pyridine rings is 2. The van der Waals surface area contributed by atoms with E-state index < -0.39 is 15.9 Å². The molecule has 0 spiro atoms. The predicted octanol–water partition coefficient (Wildman–Crippen LogP) is 2.80. The molecule has 37 heavy (non-hydrogen) atoms. The molecule has 2 amide bonds. The van der Waals surface area contributed by atoms with E-state index in [-0.39, 0.29) is 23.1 Å². The van der Waals surface area contributed by atoms with Crippen LogP contribution in [-0.4, -0.2) is 68.8 Å². The molecule has 0 aliphatic carbocycles. The lowest BCUT2D eigenvalue weighted by atomic mass is 10.1. The summed E-state index contributed by atoms with van der Waals surface area (Å²) in [5, 5.41) is 5.09. The Hall–Kier alpha value is -4.09. The van der Waals surface area contributed by atoms with E-state index in [1.54, 1.807) is 42.5 Å². The van der Waals surface area contributed by atoms with Gasteiger partial charge in [-0.25, -0.2) is 23.2 Å². The first kappa shape index (κ1) is 26.0. The first-order valence-electron chi connectivity index (χ1n) is 11.7. The van der Waals surface area contributed by atoms with Crippen molar-refractivity contribution in [1.29, 1.82) is 0 Å². The molecule has 2 N–H and O–H groups in total. The highest BCUT2D eigenvalue weighted by Gasteiger charge is 2.16. The Morgan fingerprint density at radius 1 is 1.00 bits per heavy atom. The number of allylic oxidation sites excluding steroid dienone is 1. The van der Waals surface area contributed by atoms with E-state index in [0.717, 1.165) is 18.9 Å². The lowest BCUT2D eigenvalue weighted by Gasteiger charge is -2.27. The minimum Gasteiger partial charge on any atom is -0.378 e. The number of rotatable bonds is 9. The molecule has 1 fully saturated rings. The van der Waals surface area contributed by atoms with E-state index in [1.165, 1.54) is 18.3 Å². The normalized spacial score (nSPS) is 13.9. The highest BCUT2D eigenvalue weighted by Crippen LogP contribution is 2.15. The second kappa shape index (κ2) is 12.2. The van der Waals surface area contributed by atoms with Crippen molar-refractivity contribution in [3.63, 3.8) is 0 Å². The molecule has 0 radical (unpaired) electrons. The molecular formula is C26H27N5O5S. The van der Waals surface area contributed by atoms with Gasteiger partial charge >= 0.3 is 6.03 Å². The summed E-state index contributed by atoms with van der Waals surface area (Å²) in [4.78, 5) is 35.3. The smallest absolute Gasteiger partial charge is 0.319 e. The van der Waals surface area contributed by atoms with Crippen LogP contribution < -0.4 is 15.5 Å². The number of sulfone groups is 1. The largest absolute Gasteiger partial charge is 0.378 e. The number of carbonyl (C=O) groups is 2. The number of hydrogen-bond donors (Lipinski definition) is 2.